The minimum Gasteiger partial charge on any atom is -0.465 e. The van der Waals surface area contributed by atoms with Gasteiger partial charge >= 0.3 is 6.09 Å². The smallest absolute Gasteiger partial charge is 0.413 e. The van der Waals surface area contributed by atoms with Crippen molar-refractivity contribution < 1.29 is 27.9 Å². The van der Waals surface area contributed by atoms with E-state index < -0.39 is 16.1 Å². The molecule has 2 aromatic carbocycles. The molecule has 194 valence electrons. The summed E-state index contributed by atoms with van der Waals surface area (Å²) < 4.78 is 32.0. The number of halogens is 2. The highest BCUT2D eigenvalue weighted by Gasteiger charge is 2.26. The van der Waals surface area contributed by atoms with Gasteiger partial charge in [-0.3, -0.25) is 14.7 Å². The largest absolute Gasteiger partial charge is 0.465 e. The molecule has 2 aromatic rings. The van der Waals surface area contributed by atoms with Gasteiger partial charge in [0.15, 0.2) is 0 Å². The van der Waals surface area contributed by atoms with Gasteiger partial charge in [0.1, 0.15) is 17.3 Å². The molecule has 0 saturated heterocycles. The zero-order valence-electron chi connectivity index (χ0n) is 19.7. The minimum absolute atomic E-state index is 0.000408. The van der Waals surface area contributed by atoms with Gasteiger partial charge in [-0.05, 0) is 17.7 Å². The van der Waals surface area contributed by atoms with Crippen molar-refractivity contribution in [2.75, 3.05) is 46.9 Å². The van der Waals surface area contributed by atoms with Crippen molar-refractivity contribution in [2.45, 2.75) is 11.4 Å². The quantitative estimate of drug-likeness (QED) is 0.449. The lowest BCUT2D eigenvalue weighted by Crippen LogP contribution is -2.33. The van der Waals surface area contributed by atoms with Crippen molar-refractivity contribution in [3.8, 4) is 0 Å². The van der Waals surface area contributed by atoms with E-state index in [4.69, 9.17) is 27.9 Å². The number of aliphatic imine (C=N–C) groups is 1. The summed E-state index contributed by atoms with van der Waals surface area (Å²) in [6.07, 6.45) is -1.04. The number of amidine groups is 1. The van der Waals surface area contributed by atoms with Gasteiger partial charge in [-0.2, -0.15) is 4.31 Å². The first-order chi connectivity index (χ1) is 17.0. The molecule has 0 aromatic heterocycles. The fourth-order valence-electron chi connectivity index (χ4n) is 3.47. The third-order valence-electron chi connectivity index (χ3n) is 5.49. The maximum atomic E-state index is 12.8. The Morgan fingerprint density at radius 3 is 2.36 bits per heavy atom. The van der Waals surface area contributed by atoms with Gasteiger partial charge < -0.3 is 14.7 Å². The Morgan fingerprint density at radius 1 is 1.11 bits per heavy atom. The Kier molecular flexibility index (Phi) is 9.31. The third kappa shape index (κ3) is 6.54. The number of carbonyl (C=O) groups excluding carboxylic acids is 1. The van der Waals surface area contributed by atoms with Crippen molar-refractivity contribution in [3.05, 3.63) is 63.6 Å². The first-order valence-corrected chi connectivity index (χ1v) is 13.1. The molecule has 0 radical (unpaired) electrons. The molecule has 1 heterocycles. The maximum absolute atomic E-state index is 12.8. The summed E-state index contributed by atoms with van der Waals surface area (Å²) in [5.74, 6) is 0.131. The molecule has 1 aliphatic heterocycles. The molecule has 3 rings (SSSR count). The third-order valence-corrected chi connectivity index (χ3v) is 8.31. The molecule has 1 aliphatic rings. The van der Waals surface area contributed by atoms with E-state index in [1.165, 1.54) is 29.0 Å². The Hall–Kier alpha value is -2.70. The van der Waals surface area contributed by atoms with E-state index in [-0.39, 0.29) is 40.6 Å². The molecule has 10 nitrogen and oxygen atoms in total. The van der Waals surface area contributed by atoms with Crippen LogP contribution < -0.4 is 0 Å². The Balaban J connectivity index is 1.47. The minimum atomic E-state index is -3.93. The number of amides is 2. The van der Waals surface area contributed by atoms with Gasteiger partial charge in [0.25, 0.3) is 0 Å². The summed E-state index contributed by atoms with van der Waals surface area (Å²) in [5.41, 5.74) is 1.53. The highest BCUT2D eigenvalue weighted by molar-refractivity contribution is 7.89. The number of hydrogen-bond donors (Lipinski definition) is 1. The molecule has 0 unspecified atom stereocenters. The van der Waals surface area contributed by atoms with Crippen molar-refractivity contribution >= 4 is 51.1 Å². The fourth-order valence-corrected chi connectivity index (χ4v) is 5.71. The predicted octanol–water partition coefficient (Wildman–Crippen LogP) is 3.03. The number of hydrogen-bond acceptors (Lipinski definition) is 6. The molecule has 0 bridgehead atoms. The molecule has 0 fully saturated rings. The number of benzene rings is 2. The molecule has 13 heteroatoms. The predicted molar refractivity (Wildman–Crippen MR) is 136 cm³/mol. The summed E-state index contributed by atoms with van der Waals surface area (Å²) in [5, 5.41) is 9.31. The number of ether oxygens (including phenoxy) is 1. The van der Waals surface area contributed by atoms with Crippen LogP contribution in [-0.2, 0) is 26.1 Å². The number of rotatable bonds is 10. The summed E-state index contributed by atoms with van der Waals surface area (Å²) in [6, 6.07) is 11.6. The normalized spacial score (nSPS) is 13.7. The lowest BCUT2D eigenvalue weighted by Gasteiger charge is -2.20. The molecule has 0 saturated carbocycles. The number of carboxylic acid groups (broad SMARTS) is 1. The van der Waals surface area contributed by atoms with Crippen molar-refractivity contribution in [1.29, 1.82) is 0 Å². The molecule has 1 N–H and O–H groups in total. The summed E-state index contributed by atoms with van der Waals surface area (Å²) in [4.78, 5) is 30.5. The lowest BCUT2D eigenvalue weighted by molar-refractivity contribution is -0.135. The van der Waals surface area contributed by atoms with Gasteiger partial charge in [0.2, 0.25) is 15.9 Å². The van der Waals surface area contributed by atoms with Gasteiger partial charge in [0.05, 0.1) is 29.7 Å². The highest BCUT2D eigenvalue weighted by atomic mass is 35.5. The summed E-state index contributed by atoms with van der Waals surface area (Å²) in [6.45, 7) is 0.847. The second-order valence-corrected chi connectivity index (χ2v) is 10.8. The van der Waals surface area contributed by atoms with Gasteiger partial charge in [-0.15, -0.1) is 0 Å². The SMILES string of the molecule is CN(Cc1ccc(C2=NCCN2C(=O)O)cc1)C(=O)COCCN(C)S(=O)(=O)c1c(Cl)cccc1Cl. The standard InChI is InChI=1S/C23H26Cl2N4O6S/c1-27(14-16-6-8-17(9-7-16)22-26-10-11-29(22)23(31)32)20(30)15-35-13-12-28(2)36(33,34)21-18(24)4-3-5-19(21)25/h3-9H,10-15H2,1-2H3,(H,31,32). The average molecular weight is 557 g/mol. The Bertz CT molecular complexity index is 1230. The number of likely N-dealkylation sites (N-methyl/N-ethyl adjacent to an activating group) is 2. The fraction of sp³-hybridized carbons (Fsp3) is 0.348. The van der Waals surface area contributed by atoms with Crippen LogP contribution in [-0.4, -0.2) is 92.4 Å². The molecule has 2 amide bonds. The van der Waals surface area contributed by atoms with Crippen LogP contribution >= 0.6 is 23.2 Å². The Labute approximate surface area is 219 Å². The number of carbonyl (C=O) groups is 2. The van der Waals surface area contributed by atoms with Crippen LogP contribution in [0.5, 0.6) is 0 Å². The molecular weight excluding hydrogens is 531 g/mol. The van der Waals surface area contributed by atoms with Crippen molar-refractivity contribution in [3.63, 3.8) is 0 Å². The van der Waals surface area contributed by atoms with Crippen LogP contribution in [0.15, 0.2) is 52.4 Å². The van der Waals surface area contributed by atoms with Gasteiger partial charge in [0, 0.05) is 32.7 Å². The van der Waals surface area contributed by atoms with E-state index >= 15 is 0 Å². The molecular formula is C23H26Cl2N4O6S. The summed E-state index contributed by atoms with van der Waals surface area (Å²) in [7, 11) is -0.920. The zero-order chi connectivity index (χ0) is 26.5. The van der Waals surface area contributed by atoms with Crippen molar-refractivity contribution in [2.24, 2.45) is 4.99 Å². The number of nitrogens with zero attached hydrogens (tertiary/aromatic N) is 4. The van der Waals surface area contributed by atoms with E-state index in [9.17, 15) is 23.1 Å². The van der Waals surface area contributed by atoms with E-state index in [2.05, 4.69) is 4.99 Å². The van der Waals surface area contributed by atoms with Crippen LogP contribution in [0, 0.1) is 0 Å². The first kappa shape index (κ1) is 27.9. The second-order valence-electron chi connectivity index (χ2n) is 8.02. The number of sulfonamides is 1. The zero-order valence-corrected chi connectivity index (χ0v) is 22.1. The van der Waals surface area contributed by atoms with Crippen LogP contribution in [0.1, 0.15) is 11.1 Å². The topological polar surface area (TPSA) is 120 Å². The Morgan fingerprint density at radius 2 is 1.75 bits per heavy atom. The van der Waals surface area contributed by atoms with Gasteiger partial charge in [-0.1, -0.05) is 53.5 Å². The average Bonchev–Trinajstić information content (AvgIpc) is 3.32. The van der Waals surface area contributed by atoms with Crippen LogP contribution in [0.4, 0.5) is 4.79 Å². The maximum Gasteiger partial charge on any atom is 0.413 e. The van der Waals surface area contributed by atoms with Crippen molar-refractivity contribution in [1.82, 2.24) is 14.1 Å². The van der Waals surface area contributed by atoms with E-state index in [0.717, 1.165) is 9.87 Å². The van der Waals surface area contributed by atoms with Crippen LogP contribution in [0.25, 0.3) is 0 Å². The molecule has 0 spiro atoms. The lowest BCUT2D eigenvalue weighted by atomic mass is 10.1. The van der Waals surface area contributed by atoms with E-state index in [1.807, 2.05) is 0 Å². The molecule has 0 aliphatic carbocycles. The molecule has 36 heavy (non-hydrogen) atoms. The van der Waals surface area contributed by atoms with E-state index in [1.54, 1.807) is 37.4 Å². The van der Waals surface area contributed by atoms with E-state index in [0.29, 0.717) is 31.0 Å². The highest BCUT2D eigenvalue weighted by Crippen LogP contribution is 2.30. The first-order valence-electron chi connectivity index (χ1n) is 10.9. The second kappa shape index (κ2) is 12.0. The van der Waals surface area contributed by atoms with Crippen LogP contribution in [0.2, 0.25) is 10.0 Å². The summed E-state index contributed by atoms with van der Waals surface area (Å²) >= 11 is 12.0. The monoisotopic (exact) mass is 556 g/mol. The molecule has 0 atom stereocenters. The van der Waals surface area contributed by atoms with Gasteiger partial charge in [-0.25, -0.2) is 13.2 Å². The van der Waals surface area contributed by atoms with Crippen LogP contribution in [0.3, 0.4) is 0 Å².